The summed E-state index contributed by atoms with van der Waals surface area (Å²) >= 11 is 4.64. The highest BCUT2D eigenvalue weighted by Gasteiger charge is 2.30. The van der Waals surface area contributed by atoms with E-state index < -0.39 is 0 Å². The predicted octanol–water partition coefficient (Wildman–Crippen LogP) is 7.99. The molecule has 2 fully saturated rings. The van der Waals surface area contributed by atoms with Crippen LogP contribution in [0.15, 0.2) is 29.3 Å². The molecule has 0 unspecified atom stereocenters. The van der Waals surface area contributed by atoms with E-state index in [-0.39, 0.29) is 0 Å². The van der Waals surface area contributed by atoms with E-state index in [0.717, 1.165) is 41.7 Å². The number of ether oxygens (including phenoxy) is 1. The molecule has 0 heterocycles. The van der Waals surface area contributed by atoms with Crippen molar-refractivity contribution < 1.29 is 4.74 Å². The van der Waals surface area contributed by atoms with Crippen molar-refractivity contribution in [2.24, 2.45) is 28.7 Å². The molecule has 0 aromatic heterocycles. The van der Waals surface area contributed by atoms with Crippen molar-refractivity contribution >= 4 is 23.1 Å². The molecule has 2 saturated carbocycles. The smallest absolute Gasteiger partial charge is 0.119 e. The van der Waals surface area contributed by atoms with Gasteiger partial charge in [0.05, 0.1) is 17.5 Å². The van der Waals surface area contributed by atoms with Crippen molar-refractivity contribution in [1.82, 2.24) is 0 Å². The highest BCUT2D eigenvalue weighted by molar-refractivity contribution is 7.78. The van der Waals surface area contributed by atoms with Crippen LogP contribution in [0.2, 0.25) is 0 Å². The van der Waals surface area contributed by atoms with Crippen molar-refractivity contribution in [3.8, 4) is 5.75 Å². The van der Waals surface area contributed by atoms with Gasteiger partial charge in [-0.1, -0.05) is 45.4 Å². The Bertz CT molecular complexity index is 606. The number of rotatable bonds is 9. The maximum absolute atomic E-state index is 6.03. The van der Waals surface area contributed by atoms with Gasteiger partial charge in [-0.2, -0.15) is 4.99 Å². The summed E-state index contributed by atoms with van der Waals surface area (Å²) in [5.74, 6) is 4.69. The Morgan fingerprint density at radius 3 is 2.07 bits per heavy atom. The van der Waals surface area contributed by atoms with Gasteiger partial charge in [-0.15, -0.1) is 0 Å². The lowest BCUT2D eigenvalue weighted by atomic mass is 9.69. The summed E-state index contributed by atoms with van der Waals surface area (Å²) in [5, 5.41) is 2.40. The highest BCUT2D eigenvalue weighted by Crippen LogP contribution is 2.42. The fourth-order valence-corrected chi connectivity index (χ4v) is 5.45. The fraction of sp³-hybridized carbons (Fsp3) is 0.720. The number of unbranched alkanes of at least 4 members (excludes halogenated alkanes) is 2. The third kappa shape index (κ3) is 6.71. The largest absolute Gasteiger partial charge is 0.493 e. The van der Waals surface area contributed by atoms with Crippen LogP contribution in [-0.2, 0) is 0 Å². The van der Waals surface area contributed by atoms with Crippen LogP contribution in [0.4, 0.5) is 5.69 Å². The Morgan fingerprint density at radius 1 is 0.893 bits per heavy atom. The van der Waals surface area contributed by atoms with Crippen molar-refractivity contribution in [3.63, 3.8) is 0 Å². The van der Waals surface area contributed by atoms with Crippen LogP contribution in [0.25, 0.3) is 0 Å². The molecule has 0 aliphatic heterocycles. The van der Waals surface area contributed by atoms with Gasteiger partial charge in [-0.05, 0) is 98.7 Å². The van der Waals surface area contributed by atoms with Gasteiger partial charge in [0.1, 0.15) is 5.75 Å². The molecule has 0 amide bonds. The van der Waals surface area contributed by atoms with Gasteiger partial charge in [0, 0.05) is 0 Å². The first-order valence-corrected chi connectivity index (χ1v) is 12.0. The normalized spacial score (nSPS) is 27.8. The second-order valence-electron chi connectivity index (χ2n) is 9.07. The Hall–Kier alpha value is -1.18. The molecule has 0 atom stereocenters. The molecule has 0 saturated heterocycles. The summed E-state index contributed by atoms with van der Waals surface area (Å²) in [6.07, 6.45) is 17.3. The first-order valence-electron chi connectivity index (χ1n) is 11.6. The molecule has 0 bridgehead atoms. The fourth-order valence-electron chi connectivity index (χ4n) is 5.34. The molecule has 0 radical (unpaired) electrons. The monoisotopic (exact) mass is 399 g/mol. The van der Waals surface area contributed by atoms with Crippen LogP contribution in [0, 0.1) is 23.7 Å². The summed E-state index contributed by atoms with van der Waals surface area (Å²) in [4.78, 5) is 3.98. The minimum absolute atomic E-state index is 0.723. The molecule has 2 aliphatic carbocycles. The Balaban J connectivity index is 1.33. The molecule has 3 heteroatoms. The second-order valence-corrected chi connectivity index (χ2v) is 9.25. The van der Waals surface area contributed by atoms with Crippen LogP contribution in [0.5, 0.6) is 5.75 Å². The molecule has 28 heavy (non-hydrogen) atoms. The summed E-state index contributed by atoms with van der Waals surface area (Å²) in [5.41, 5.74) is 0.836. The van der Waals surface area contributed by atoms with Crippen LogP contribution in [0.1, 0.15) is 84.0 Å². The maximum Gasteiger partial charge on any atom is 0.119 e. The quantitative estimate of drug-likeness (QED) is 0.238. The van der Waals surface area contributed by atoms with Gasteiger partial charge in [0.15, 0.2) is 0 Å². The van der Waals surface area contributed by atoms with Crippen molar-refractivity contribution in [1.29, 1.82) is 0 Å². The van der Waals surface area contributed by atoms with Crippen LogP contribution in [0.3, 0.4) is 0 Å². The van der Waals surface area contributed by atoms with E-state index in [2.05, 4.69) is 29.3 Å². The maximum atomic E-state index is 6.03. The van der Waals surface area contributed by atoms with Gasteiger partial charge >= 0.3 is 0 Å². The molecule has 1 aromatic carbocycles. The van der Waals surface area contributed by atoms with Crippen LogP contribution >= 0.6 is 12.2 Å². The van der Waals surface area contributed by atoms with E-state index in [4.69, 9.17) is 4.74 Å². The van der Waals surface area contributed by atoms with E-state index in [0.29, 0.717) is 0 Å². The number of hydrogen-bond donors (Lipinski definition) is 0. The number of hydrogen-bond acceptors (Lipinski definition) is 3. The number of nitrogens with zero attached hydrogens (tertiary/aromatic N) is 1. The molecule has 154 valence electrons. The third-order valence-electron chi connectivity index (χ3n) is 7.16. The number of benzene rings is 1. The molecule has 3 rings (SSSR count). The van der Waals surface area contributed by atoms with Crippen molar-refractivity contribution in [3.05, 3.63) is 24.3 Å². The van der Waals surface area contributed by atoms with Crippen LogP contribution < -0.4 is 4.74 Å². The van der Waals surface area contributed by atoms with Gasteiger partial charge in [0.2, 0.25) is 0 Å². The topological polar surface area (TPSA) is 21.6 Å². The third-order valence-corrected chi connectivity index (χ3v) is 7.25. The zero-order valence-electron chi connectivity index (χ0n) is 17.6. The zero-order valence-corrected chi connectivity index (χ0v) is 18.4. The molecule has 2 nitrogen and oxygen atoms in total. The van der Waals surface area contributed by atoms with Gasteiger partial charge in [-0.25, -0.2) is 0 Å². The molecular weight excluding hydrogens is 362 g/mol. The number of isothiocyanates is 1. The van der Waals surface area contributed by atoms with E-state index in [1.54, 1.807) is 0 Å². The molecular formula is C25H37NOS. The highest BCUT2D eigenvalue weighted by atomic mass is 32.1. The first kappa shape index (κ1) is 21.5. The number of thiocarbonyl (C=S) groups is 1. The number of aliphatic imine (C=N–C) groups is 1. The molecule has 2 aliphatic rings. The molecule has 0 N–H and O–H groups in total. The van der Waals surface area contributed by atoms with Crippen molar-refractivity contribution in [2.75, 3.05) is 6.61 Å². The van der Waals surface area contributed by atoms with Gasteiger partial charge in [0.25, 0.3) is 0 Å². The average molecular weight is 400 g/mol. The first-order chi connectivity index (χ1) is 13.8. The lowest BCUT2D eigenvalue weighted by Crippen LogP contribution is -2.27. The van der Waals surface area contributed by atoms with Crippen molar-refractivity contribution in [2.45, 2.75) is 84.0 Å². The lowest BCUT2D eigenvalue weighted by Gasteiger charge is -2.38. The lowest BCUT2D eigenvalue weighted by molar-refractivity contribution is 0.121. The van der Waals surface area contributed by atoms with E-state index in [1.165, 1.54) is 77.0 Å². The summed E-state index contributed by atoms with van der Waals surface area (Å²) in [6.45, 7) is 3.17. The molecule has 0 spiro atoms. The summed E-state index contributed by atoms with van der Waals surface area (Å²) < 4.78 is 6.03. The Morgan fingerprint density at radius 2 is 1.50 bits per heavy atom. The standard InChI is InChI=1S/C25H37NOS/c1-2-3-4-5-20-6-10-22(11-7-20)23-12-8-21(9-13-23)18-27-25-16-14-24(15-17-25)26-19-28/h14-17,20-23H,2-13,18H2,1H3. The second kappa shape index (κ2) is 11.7. The van der Waals surface area contributed by atoms with E-state index in [1.807, 2.05) is 24.3 Å². The molecule has 1 aromatic rings. The minimum Gasteiger partial charge on any atom is -0.493 e. The Labute approximate surface area is 177 Å². The van der Waals surface area contributed by atoms with E-state index >= 15 is 0 Å². The summed E-state index contributed by atoms with van der Waals surface area (Å²) in [6, 6.07) is 7.83. The van der Waals surface area contributed by atoms with Gasteiger partial charge < -0.3 is 4.74 Å². The summed E-state index contributed by atoms with van der Waals surface area (Å²) in [7, 11) is 0. The predicted molar refractivity (Wildman–Crippen MR) is 122 cm³/mol. The zero-order chi connectivity index (χ0) is 19.6. The SMILES string of the molecule is CCCCCC1CCC(C2CCC(COc3ccc(N=C=S)cc3)CC2)CC1. The van der Waals surface area contributed by atoms with E-state index in [9.17, 15) is 0 Å². The Kier molecular flexibility index (Phi) is 9.02. The van der Waals surface area contributed by atoms with Gasteiger partial charge in [-0.3, -0.25) is 0 Å². The average Bonchev–Trinajstić information content (AvgIpc) is 2.75. The minimum atomic E-state index is 0.723. The van der Waals surface area contributed by atoms with Crippen LogP contribution in [-0.4, -0.2) is 11.8 Å².